The molecule has 0 saturated heterocycles. The standard InChI is InChI=1S/C15H12N2O3/c1-10(15(19)20)17-13(11-5-3-2-4-6-11)8-7-12(9-16)14(17)18/h2-8,10H,1H3,(H,19,20). The van der Waals surface area contributed by atoms with Crippen LogP contribution in [0.25, 0.3) is 11.3 Å². The molecular weight excluding hydrogens is 256 g/mol. The topological polar surface area (TPSA) is 83.1 Å². The monoisotopic (exact) mass is 268 g/mol. The van der Waals surface area contributed by atoms with Gasteiger partial charge in [0.1, 0.15) is 17.7 Å². The van der Waals surface area contributed by atoms with E-state index in [1.54, 1.807) is 36.4 Å². The minimum atomic E-state index is -1.13. The first-order chi connectivity index (χ1) is 9.56. The Kier molecular flexibility index (Phi) is 3.67. The largest absolute Gasteiger partial charge is 0.480 e. The van der Waals surface area contributed by atoms with Crippen molar-refractivity contribution in [1.82, 2.24) is 4.57 Å². The number of aliphatic carboxylic acids is 1. The highest BCUT2D eigenvalue weighted by molar-refractivity contribution is 5.73. The van der Waals surface area contributed by atoms with Gasteiger partial charge in [-0.25, -0.2) is 4.79 Å². The summed E-state index contributed by atoms with van der Waals surface area (Å²) in [4.78, 5) is 23.4. The zero-order valence-electron chi connectivity index (χ0n) is 10.8. The molecule has 0 aliphatic heterocycles. The molecule has 0 aliphatic carbocycles. The molecule has 0 amide bonds. The van der Waals surface area contributed by atoms with Crippen molar-refractivity contribution >= 4 is 5.97 Å². The summed E-state index contributed by atoms with van der Waals surface area (Å²) in [5.41, 5.74) is 0.535. The van der Waals surface area contributed by atoms with Gasteiger partial charge in [0.05, 0.1) is 5.69 Å². The van der Waals surface area contributed by atoms with Crippen molar-refractivity contribution in [2.45, 2.75) is 13.0 Å². The van der Waals surface area contributed by atoms with Crippen LogP contribution in [0.4, 0.5) is 0 Å². The molecule has 100 valence electrons. The lowest BCUT2D eigenvalue weighted by molar-refractivity contribution is -0.140. The second kappa shape index (κ2) is 5.41. The second-order valence-electron chi connectivity index (χ2n) is 4.30. The Hall–Kier alpha value is -2.87. The Bertz CT molecular complexity index is 742. The minimum absolute atomic E-state index is 0.0715. The number of hydrogen-bond donors (Lipinski definition) is 1. The van der Waals surface area contributed by atoms with E-state index in [-0.39, 0.29) is 5.56 Å². The number of benzene rings is 1. The molecule has 0 fully saturated rings. The van der Waals surface area contributed by atoms with E-state index in [0.29, 0.717) is 5.69 Å². The van der Waals surface area contributed by atoms with Gasteiger partial charge in [-0.1, -0.05) is 30.3 Å². The van der Waals surface area contributed by atoms with Crippen molar-refractivity contribution in [3.63, 3.8) is 0 Å². The van der Waals surface area contributed by atoms with Gasteiger partial charge in [0.2, 0.25) is 0 Å². The van der Waals surface area contributed by atoms with Crippen molar-refractivity contribution in [3.05, 3.63) is 58.4 Å². The summed E-state index contributed by atoms with van der Waals surface area (Å²) >= 11 is 0. The molecule has 0 bridgehead atoms. The average Bonchev–Trinajstić information content (AvgIpc) is 2.47. The van der Waals surface area contributed by atoms with Crippen LogP contribution >= 0.6 is 0 Å². The third kappa shape index (κ3) is 2.31. The number of nitriles is 1. The van der Waals surface area contributed by atoms with Crippen LogP contribution in [0, 0.1) is 11.3 Å². The molecule has 20 heavy (non-hydrogen) atoms. The molecular formula is C15H12N2O3. The highest BCUT2D eigenvalue weighted by Gasteiger charge is 2.20. The van der Waals surface area contributed by atoms with Gasteiger partial charge < -0.3 is 5.11 Å². The number of carboxylic acids is 1. The SMILES string of the molecule is CC(C(=O)O)n1c(-c2ccccc2)ccc(C#N)c1=O. The fourth-order valence-electron chi connectivity index (χ4n) is 1.98. The third-order valence-electron chi connectivity index (χ3n) is 3.05. The van der Waals surface area contributed by atoms with Gasteiger partial charge in [-0.3, -0.25) is 9.36 Å². The Morgan fingerprint density at radius 2 is 1.90 bits per heavy atom. The summed E-state index contributed by atoms with van der Waals surface area (Å²) in [6.45, 7) is 1.41. The summed E-state index contributed by atoms with van der Waals surface area (Å²) < 4.78 is 1.14. The number of pyridine rings is 1. The van der Waals surface area contributed by atoms with Crippen LogP contribution in [-0.4, -0.2) is 15.6 Å². The molecule has 5 heteroatoms. The smallest absolute Gasteiger partial charge is 0.326 e. The van der Waals surface area contributed by atoms with E-state index >= 15 is 0 Å². The van der Waals surface area contributed by atoms with Gasteiger partial charge in [-0.2, -0.15) is 5.26 Å². The molecule has 0 spiro atoms. The molecule has 2 rings (SSSR count). The highest BCUT2D eigenvalue weighted by atomic mass is 16.4. The first-order valence-corrected chi connectivity index (χ1v) is 6.00. The summed E-state index contributed by atoms with van der Waals surface area (Å²) in [7, 11) is 0. The maximum Gasteiger partial charge on any atom is 0.326 e. The molecule has 1 atom stereocenters. The van der Waals surface area contributed by atoms with Gasteiger partial charge in [-0.05, 0) is 24.6 Å². The number of nitrogens with zero attached hydrogens (tertiary/aromatic N) is 2. The molecule has 2 aromatic rings. The molecule has 0 radical (unpaired) electrons. The lowest BCUT2D eigenvalue weighted by Crippen LogP contribution is -2.30. The van der Waals surface area contributed by atoms with E-state index in [4.69, 9.17) is 10.4 Å². The van der Waals surface area contributed by atoms with E-state index in [0.717, 1.165) is 10.1 Å². The van der Waals surface area contributed by atoms with Crippen molar-refractivity contribution in [2.75, 3.05) is 0 Å². The predicted molar refractivity (Wildman–Crippen MR) is 73.2 cm³/mol. The Balaban J connectivity index is 2.77. The zero-order chi connectivity index (χ0) is 14.7. The van der Waals surface area contributed by atoms with E-state index in [2.05, 4.69) is 0 Å². The Labute approximate surface area is 115 Å². The van der Waals surface area contributed by atoms with Crippen LogP contribution in [0.5, 0.6) is 0 Å². The number of hydrogen-bond acceptors (Lipinski definition) is 3. The van der Waals surface area contributed by atoms with E-state index < -0.39 is 17.6 Å². The van der Waals surface area contributed by atoms with Gasteiger partial charge in [0.15, 0.2) is 0 Å². The van der Waals surface area contributed by atoms with Gasteiger partial charge in [-0.15, -0.1) is 0 Å². The van der Waals surface area contributed by atoms with Gasteiger partial charge >= 0.3 is 5.97 Å². The molecule has 5 nitrogen and oxygen atoms in total. The number of carboxylic acid groups (broad SMARTS) is 1. The molecule has 0 aliphatic rings. The first-order valence-electron chi connectivity index (χ1n) is 6.00. The van der Waals surface area contributed by atoms with E-state index in [9.17, 15) is 9.59 Å². The molecule has 1 heterocycles. The fraction of sp³-hybridized carbons (Fsp3) is 0.133. The Morgan fingerprint density at radius 1 is 1.25 bits per heavy atom. The summed E-state index contributed by atoms with van der Waals surface area (Å²) in [5, 5.41) is 18.1. The van der Waals surface area contributed by atoms with Crippen molar-refractivity contribution < 1.29 is 9.90 Å². The number of rotatable bonds is 3. The maximum atomic E-state index is 12.2. The fourth-order valence-corrected chi connectivity index (χ4v) is 1.98. The van der Waals surface area contributed by atoms with Crippen LogP contribution in [0.3, 0.4) is 0 Å². The van der Waals surface area contributed by atoms with E-state index in [1.807, 2.05) is 6.07 Å². The van der Waals surface area contributed by atoms with Gasteiger partial charge in [0, 0.05) is 0 Å². The molecule has 1 N–H and O–H groups in total. The van der Waals surface area contributed by atoms with Crippen LogP contribution in [0.1, 0.15) is 18.5 Å². The molecule has 1 aromatic carbocycles. The highest BCUT2D eigenvalue weighted by Crippen LogP contribution is 2.21. The van der Waals surface area contributed by atoms with Crippen LogP contribution in [0.15, 0.2) is 47.3 Å². The quantitative estimate of drug-likeness (QED) is 0.923. The maximum absolute atomic E-state index is 12.2. The van der Waals surface area contributed by atoms with Crippen molar-refractivity contribution in [1.29, 1.82) is 5.26 Å². The number of aromatic nitrogens is 1. The average molecular weight is 268 g/mol. The van der Waals surface area contributed by atoms with Crippen LogP contribution < -0.4 is 5.56 Å². The molecule has 0 saturated carbocycles. The summed E-state index contributed by atoms with van der Waals surface area (Å²) in [6.07, 6.45) is 0. The molecule has 1 unspecified atom stereocenters. The molecule has 1 aromatic heterocycles. The lowest BCUT2D eigenvalue weighted by atomic mass is 10.1. The third-order valence-corrected chi connectivity index (χ3v) is 3.05. The lowest BCUT2D eigenvalue weighted by Gasteiger charge is -2.17. The zero-order valence-corrected chi connectivity index (χ0v) is 10.8. The van der Waals surface area contributed by atoms with Crippen LogP contribution in [-0.2, 0) is 4.79 Å². The van der Waals surface area contributed by atoms with Gasteiger partial charge in [0.25, 0.3) is 5.56 Å². The van der Waals surface area contributed by atoms with E-state index in [1.165, 1.54) is 13.0 Å². The second-order valence-corrected chi connectivity index (χ2v) is 4.30. The Morgan fingerprint density at radius 3 is 2.45 bits per heavy atom. The van der Waals surface area contributed by atoms with Crippen molar-refractivity contribution in [3.8, 4) is 17.3 Å². The van der Waals surface area contributed by atoms with Crippen LogP contribution in [0.2, 0.25) is 0 Å². The number of carbonyl (C=O) groups is 1. The summed E-state index contributed by atoms with van der Waals surface area (Å²) in [6, 6.07) is 12.7. The normalized spacial score (nSPS) is 11.6. The predicted octanol–water partition coefficient (Wildman–Crippen LogP) is 2.03. The minimum Gasteiger partial charge on any atom is -0.480 e. The van der Waals surface area contributed by atoms with Crippen molar-refractivity contribution in [2.24, 2.45) is 0 Å². The summed E-state index contributed by atoms with van der Waals surface area (Å²) in [5.74, 6) is -1.13. The first kappa shape index (κ1) is 13.6.